The average molecular weight is 512 g/mol. The smallest absolute Gasteiger partial charge is 0.435 e. The molecule has 8 nitrogen and oxygen atoms in total. The van der Waals surface area contributed by atoms with Crippen LogP contribution in [0.2, 0.25) is 0 Å². The number of ether oxygens (including phenoxy) is 2. The highest BCUT2D eigenvalue weighted by Gasteiger charge is 2.38. The van der Waals surface area contributed by atoms with E-state index in [1.165, 1.54) is 43.7 Å². The zero-order chi connectivity index (χ0) is 26.1. The molecule has 186 valence electrons. The number of nitrogens with zero attached hydrogens (tertiary/aromatic N) is 2. The number of halogens is 4. The minimum Gasteiger partial charge on any atom is -0.492 e. The van der Waals surface area contributed by atoms with Crippen LogP contribution < -0.4 is 14.8 Å². The van der Waals surface area contributed by atoms with Gasteiger partial charge >= 0.3 is 6.18 Å². The molecule has 0 aliphatic heterocycles. The summed E-state index contributed by atoms with van der Waals surface area (Å²) in [5.74, 6) is -3.20. The molecule has 3 aromatic rings. The summed E-state index contributed by atoms with van der Waals surface area (Å²) in [5, 5.41) is 8.94. The first-order valence-corrected chi connectivity index (χ1v) is 11.8. The van der Waals surface area contributed by atoms with Crippen LogP contribution in [-0.4, -0.2) is 33.7 Å². The summed E-state index contributed by atoms with van der Waals surface area (Å²) in [7, 11) is -1.88. The molecular formula is C22H20F4N4O4S. The Morgan fingerprint density at radius 3 is 2.40 bits per heavy atom. The van der Waals surface area contributed by atoms with Crippen molar-refractivity contribution in [3.05, 3.63) is 64.6 Å². The van der Waals surface area contributed by atoms with Gasteiger partial charge in [0.15, 0.2) is 17.3 Å². The van der Waals surface area contributed by atoms with E-state index in [1.54, 1.807) is 6.92 Å². The van der Waals surface area contributed by atoms with Crippen molar-refractivity contribution in [3.63, 3.8) is 0 Å². The van der Waals surface area contributed by atoms with Crippen molar-refractivity contribution in [2.24, 2.45) is 0 Å². The van der Waals surface area contributed by atoms with Gasteiger partial charge in [0, 0.05) is 16.8 Å². The minimum absolute atomic E-state index is 0.0448. The number of aromatic nitrogens is 2. The molecule has 35 heavy (non-hydrogen) atoms. The fourth-order valence-corrected chi connectivity index (χ4v) is 3.89. The van der Waals surface area contributed by atoms with Gasteiger partial charge in [-0.3, -0.25) is 4.79 Å². The number of carbonyl (C=O) groups excluding carboxylic acids is 1. The Morgan fingerprint density at radius 2 is 1.80 bits per heavy atom. The molecule has 2 N–H and O–H groups in total. The molecule has 1 unspecified atom stereocenters. The van der Waals surface area contributed by atoms with Crippen molar-refractivity contribution in [2.45, 2.75) is 24.9 Å². The van der Waals surface area contributed by atoms with E-state index in [4.69, 9.17) is 14.3 Å². The summed E-state index contributed by atoms with van der Waals surface area (Å²) in [4.78, 5) is 13.2. The van der Waals surface area contributed by atoms with Crippen molar-refractivity contribution >= 4 is 21.3 Å². The van der Waals surface area contributed by atoms with Crippen LogP contribution in [0.5, 0.6) is 17.4 Å². The van der Waals surface area contributed by atoms with E-state index in [-0.39, 0.29) is 16.3 Å². The van der Waals surface area contributed by atoms with E-state index < -0.39 is 56.1 Å². The predicted octanol–water partition coefficient (Wildman–Crippen LogP) is 5.34. The molecule has 1 amide bonds. The molecule has 0 aliphatic carbocycles. The summed E-state index contributed by atoms with van der Waals surface area (Å²) in [6.07, 6.45) is -3.76. The maximum atomic E-state index is 14.5. The first-order valence-electron chi connectivity index (χ1n) is 9.84. The van der Waals surface area contributed by atoms with Crippen molar-refractivity contribution in [3.8, 4) is 17.4 Å². The molecule has 3 rings (SSSR count). The zero-order valence-corrected chi connectivity index (χ0v) is 19.7. The Labute approximate surface area is 198 Å². The summed E-state index contributed by atoms with van der Waals surface area (Å²) in [6, 6.07) is 7.95. The molecule has 0 bridgehead atoms. The quantitative estimate of drug-likeness (QED) is 0.431. The van der Waals surface area contributed by atoms with Crippen LogP contribution in [0.15, 0.2) is 41.3 Å². The van der Waals surface area contributed by atoms with Gasteiger partial charge in [-0.1, -0.05) is 12.1 Å². The lowest BCUT2D eigenvalue weighted by Gasteiger charge is -2.18. The largest absolute Gasteiger partial charge is 0.492 e. The zero-order valence-electron chi connectivity index (χ0n) is 18.9. The summed E-state index contributed by atoms with van der Waals surface area (Å²) < 4.78 is 85.3. The molecule has 1 atom stereocenters. The number of amides is 1. The van der Waals surface area contributed by atoms with Gasteiger partial charge in [-0.2, -0.15) is 13.2 Å². The Kier molecular flexibility index (Phi) is 7.01. The molecule has 0 fully saturated rings. The highest BCUT2D eigenvalue weighted by Crippen LogP contribution is 2.39. The number of hydrogen-bond acceptors (Lipinski definition) is 7. The molecule has 2 aromatic carbocycles. The number of methoxy groups -OCH3 is 1. The van der Waals surface area contributed by atoms with E-state index in [2.05, 4.69) is 15.5 Å². The fourth-order valence-electron chi connectivity index (χ4n) is 3.20. The monoisotopic (exact) mass is 512 g/mol. The van der Waals surface area contributed by atoms with Gasteiger partial charge in [-0.05, 0) is 49.2 Å². The third-order valence-corrected chi connectivity index (χ3v) is 6.04. The van der Waals surface area contributed by atoms with Crippen molar-refractivity contribution in [2.75, 3.05) is 18.7 Å². The molecule has 1 aromatic heterocycles. The van der Waals surface area contributed by atoms with E-state index in [0.717, 1.165) is 13.0 Å². The van der Waals surface area contributed by atoms with E-state index in [9.17, 15) is 26.6 Å². The van der Waals surface area contributed by atoms with Crippen LogP contribution in [0.1, 0.15) is 27.2 Å². The summed E-state index contributed by atoms with van der Waals surface area (Å²) >= 11 is 0. The maximum Gasteiger partial charge on any atom is 0.435 e. The highest BCUT2D eigenvalue weighted by atomic mass is 32.2. The molecule has 0 saturated carbocycles. The lowest BCUT2D eigenvalue weighted by Crippen LogP contribution is -2.21. The third kappa shape index (κ3) is 5.50. The highest BCUT2D eigenvalue weighted by molar-refractivity contribution is 7.91. The SMILES string of the molecule is COc1c(C)ccc(F)c1Oc1nnc(C(F)(F)F)c(C)c1C(=O)Nc1cccc(S(C)(=N)=O)c1. The number of aryl methyl sites for hydroxylation is 1. The Balaban J connectivity index is 2.14. The van der Waals surface area contributed by atoms with Gasteiger partial charge in [0.05, 0.1) is 16.8 Å². The lowest BCUT2D eigenvalue weighted by atomic mass is 10.1. The van der Waals surface area contributed by atoms with Crippen molar-refractivity contribution in [1.82, 2.24) is 10.2 Å². The topological polar surface area (TPSA) is 114 Å². The maximum absolute atomic E-state index is 14.5. The average Bonchev–Trinajstić information content (AvgIpc) is 2.75. The first-order chi connectivity index (χ1) is 16.2. The molecule has 0 aliphatic rings. The van der Waals surface area contributed by atoms with E-state index >= 15 is 0 Å². The van der Waals surface area contributed by atoms with Gasteiger partial charge in [0.2, 0.25) is 5.75 Å². The second-order valence-corrected chi connectivity index (χ2v) is 9.66. The number of nitrogens with one attached hydrogen (secondary N) is 2. The minimum atomic E-state index is -4.93. The van der Waals surface area contributed by atoms with Gasteiger partial charge in [-0.25, -0.2) is 13.4 Å². The molecular weight excluding hydrogens is 492 g/mol. The Hall–Kier alpha value is -3.74. The summed E-state index contributed by atoms with van der Waals surface area (Å²) in [6.45, 7) is 2.59. The van der Waals surface area contributed by atoms with E-state index in [1.807, 2.05) is 0 Å². The standard InChI is InChI=1S/C22H20F4N4O4S/c1-11-8-9-15(23)18(17(11)33-3)34-21-16(12(2)19(29-30-21)22(24,25)26)20(31)28-13-6-5-7-14(10-13)35(4,27)32/h5-10,27H,1-4H3,(H,28,31). The van der Waals surface area contributed by atoms with Gasteiger partial charge in [0.1, 0.15) is 5.56 Å². The second kappa shape index (κ2) is 9.49. The molecule has 1 heterocycles. The van der Waals surface area contributed by atoms with Crippen LogP contribution >= 0.6 is 0 Å². The summed E-state index contributed by atoms with van der Waals surface area (Å²) in [5.41, 5.74) is -2.17. The lowest BCUT2D eigenvalue weighted by molar-refractivity contribution is -0.142. The number of rotatable bonds is 6. The van der Waals surface area contributed by atoms with Crippen molar-refractivity contribution < 1.29 is 36.0 Å². The number of benzene rings is 2. The number of carbonyl (C=O) groups is 1. The Morgan fingerprint density at radius 1 is 1.11 bits per heavy atom. The van der Waals surface area contributed by atoms with Crippen LogP contribution in [0.4, 0.5) is 23.2 Å². The normalized spacial score (nSPS) is 13.1. The number of anilines is 1. The van der Waals surface area contributed by atoms with E-state index in [0.29, 0.717) is 5.56 Å². The number of hydrogen-bond donors (Lipinski definition) is 2. The van der Waals surface area contributed by atoms with Gasteiger partial charge in [-0.15, -0.1) is 10.2 Å². The predicted molar refractivity (Wildman–Crippen MR) is 119 cm³/mol. The molecule has 0 saturated heterocycles. The Bertz CT molecular complexity index is 1410. The van der Waals surface area contributed by atoms with Gasteiger partial charge < -0.3 is 14.8 Å². The van der Waals surface area contributed by atoms with Crippen LogP contribution in [0.25, 0.3) is 0 Å². The van der Waals surface area contributed by atoms with Crippen LogP contribution in [0, 0.1) is 24.4 Å². The van der Waals surface area contributed by atoms with Crippen LogP contribution in [-0.2, 0) is 15.9 Å². The number of alkyl halides is 3. The third-order valence-electron chi connectivity index (χ3n) is 4.89. The first kappa shape index (κ1) is 25.9. The molecule has 0 radical (unpaired) electrons. The molecule has 0 spiro atoms. The van der Waals surface area contributed by atoms with Gasteiger partial charge in [0.25, 0.3) is 11.8 Å². The van der Waals surface area contributed by atoms with Crippen LogP contribution in [0.3, 0.4) is 0 Å². The van der Waals surface area contributed by atoms with Crippen molar-refractivity contribution in [1.29, 1.82) is 4.78 Å². The fraction of sp³-hybridized carbons (Fsp3) is 0.227. The molecule has 13 heteroatoms. The second-order valence-electron chi connectivity index (χ2n) is 7.51.